The molecule has 0 saturated carbocycles. The van der Waals surface area contributed by atoms with Gasteiger partial charge in [0.25, 0.3) is 0 Å². The maximum atomic E-state index is 2.86. The highest BCUT2D eigenvalue weighted by Crippen LogP contribution is 2.50. The van der Waals surface area contributed by atoms with Gasteiger partial charge in [-0.1, -0.05) is 0 Å². The van der Waals surface area contributed by atoms with Crippen LogP contribution in [-0.2, 0) is 0 Å². The molecule has 3 rings (SSSR count). The minimum Gasteiger partial charge on any atom is -0.300 e. The van der Waals surface area contributed by atoms with Crippen LogP contribution in [0.5, 0.6) is 0 Å². The number of piperazine rings is 1. The van der Waals surface area contributed by atoms with Gasteiger partial charge in [0, 0.05) is 80.4 Å². The maximum absolute atomic E-state index is 2.86. The molecule has 0 aliphatic carbocycles. The van der Waals surface area contributed by atoms with Gasteiger partial charge in [0.1, 0.15) is 0 Å². The Morgan fingerprint density at radius 3 is 1.75 bits per heavy atom. The molecule has 1 spiro atoms. The van der Waals surface area contributed by atoms with E-state index in [2.05, 4.69) is 88.8 Å². The number of likely N-dealkylation sites (tertiary alicyclic amines) is 2. The first kappa shape index (κ1) is 22.5. The molecule has 0 bridgehead atoms. The fourth-order valence-corrected chi connectivity index (χ4v) is 5.96. The quantitative estimate of drug-likeness (QED) is 0.727. The molecule has 3 fully saturated rings. The third-order valence-corrected chi connectivity index (χ3v) is 7.93. The normalized spacial score (nSPS) is 31.3. The van der Waals surface area contributed by atoms with E-state index in [0.717, 1.165) is 5.92 Å². The predicted octanol–water partition coefficient (Wildman–Crippen LogP) is 3.62. The van der Waals surface area contributed by atoms with E-state index in [1.807, 2.05) is 0 Å². The first-order chi connectivity index (χ1) is 12.7. The number of nitrogens with zero attached hydrogens (tertiary/aromatic N) is 4. The fraction of sp³-hybridized carbons (Fsp3) is 1.00. The average molecular weight is 393 g/mol. The third-order valence-electron chi connectivity index (χ3n) is 7.93. The van der Waals surface area contributed by atoms with Crippen LogP contribution in [0.3, 0.4) is 0 Å². The van der Waals surface area contributed by atoms with Crippen LogP contribution in [0.1, 0.15) is 69.2 Å². The van der Waals surface area contributed by atoms with Crippen molar-refractivity contribution in [3.63, 3.8) is 0 Å². The summed E-state index contributed by atoms with van der Waals surface area (Å²) in [4.78, 5) is 11.1. The minimum atomic E-state index is 0.244. The van der Waals surface area contributed by atoms with E-state index in [4.69, 9.17) is 0 Å². The van der Waals surface area contributed by atoms with Crippen molar-refractivity contribution >= 4 is 0 Å². The summed E-state index contributed by atoms with van der Waals surface area (Å²) in [6, 6.07) is 1.97. The molecule has 3 heterocycles. The molecule has 0 aromatic rings. The zero-order chi connectivity index (χ0) is 21.1. The van der Waals surface area contributed by atoms with E-state index in [1.54, 1.807) is 0 Å². The lowest BCUT2D eigenvalue weighted by molar-refractivity contribution is -0.113. The Morgan fingerprint density at radius 1 is 0.714 bits per heavy atom. The average Bonchev–Trinajstić information content (AvgIpc) is 2.92. The standard InChI is InChI=1S/C24H48N4/c1-18(2)25-11-12-28(23(8,9)10)21(14-25)20-13-26(19(3)4)15-24(20)16-27(17-24)22(5,6)7/h18-21H,11-17H2,1-10H3. The smallest absolute Gasteiger partial charge is 0.0276 e. The summed E-state index contributed by atoms with van der Waals surface area (Å²) < 4.78 is 0. The van der Waals surface area contributed by atoms with E-state index in [1.165, 1.54) is 45.8 Å². The zero-order valence-corrected chi connectivity index (χ0v) is 20.5. The summed E-state index contributed by atoms with van der Waals surface area (Å²) in [6.07, 6.45) is 0. The highest BCUT2D eigenvalue weighted by atomic mass is 15.4. The van der Waals surface area contributed by atoms with Crippen molar-refractivity contribution in [2.45, 2.75) is 98.4 Å². The van der Waals surface area contributed by atoms with Crippen molar-refractivity contribution in [3.8, 4) is 0 Å². The summed E-state index contributed by atoms with van der Waals surface area (Å²) in [5.41, 5.74) is 1.01. The molecule has 3 saturated heterocycles. The molecule has 3 aliphatic heterocycles. The van der Waals surface area contributed by atoms with Crippen molar-refractivity contribution in [1.29, 1.82) is 0 Å². The molecule has 0 N–H and O–H groups in total. The van der Waals surface area contributed by atoms with Gasteiger partial charge in [0.15, 0.2) is 0 Å². The van der Waals surface area contributed by atoms with E-state index in [0.29, 0.717) is 29.1 Å². The van der Waals surface area contributed by atoms with Crippen LogP contribution in [0, 0.1) is 11.3 Å². The molecule has 2 unspecified atom stereocenters. The molecule has 164 valence electrons. The Bertz CT molecular complexity index is 536. The summed E-state index contributed by atoms with van der Waals surface area (Å²) in [5.74, 6) is 0.772. The summed E-state index contributed by atoms with van der Waals surface area (Å²) in [5, 5.41) is 0. The largest absolute Gasteiger partial charge is 0.300 e. The van der Waals surface area contributed by atoms with Crippen molar-refractivity contribution < 1.29 is 0 Å². The molecule has 3 aliphatic rings. The van der Waals surface area contributed by atoms with Crippen LogP contribution in [0.25, 0.3) is 0 Å². The Labute approximate surface area is 175 Å². The summed E-state index contributed by atoms with van der Waals surface area (Å²) >= 11 is 0. The van der Waals surface area contributed by atoms with E-state index < -0.39 is 0 Å². The van der Waals surface area contributed by atoms with Crippen molar-refractivity contribution in [3.05, 3.63) is 0 Å². The van der Waals surface area contributed by atoms with Gasteiger partial charge in [-0.05, 0) is 75.2 Å². The van der Waals surface area contributed by atoms with Crippen LogP contribution in [-0.4, -0.2) is 94.6 Å². The lowest BCUT2D eigenvalue weighted by Gasteiger charge is -2.60. The minimum absolute atomic E-state index is 0.244. The van der Waals surface area contributed by atoms with Gasteiger partial charge in [-0.3, -0.25) is 19.6 Å². The van der Waals surface area contributed by atoms with Crippen LogP contribution in [0.15, 0.2) is 0 Å². The number of rotatable bonds is 3. The molecular weight excluding hydrogens is 344 g/mol. The summed E-state index contributed by atoms with van der Waals surface area (Å²) in [7, 11) is 0. The van der Waals surface area contributed by atoms with Gasteiger partial charge in [0.2, 0.25) is 0 Å². The lowest BCUT2D eigenvalue weighted by Crippen LogP contribution is -2.71. The van der Waals surface area contributed by atoms with Crippen LogP contribution >= 0.6 is 0 Å². The molecular formula is C24H48N4. The molecule has 0 aromatic heterocycles. The predicted molar refractivity (Wildman–Crippen MR) is 121 cm³/mol. The van der Waals surface area contributed by atoms with E-state index in [-0.39, 0.29) is 5.54 Å². The second-order valence-corrected chi connectivity index (χ2v) is 12.5. The van der Waals surface area contributed by atoms with Gasteiger partial charge < -0.3 is 0 Å². The van der Waals surface area contributed by atoms with E-state index >= 15 is 0 Å². The molecule has 4 heteroatoms. The van der Waals surface area contributed by atoms with Crippen molar-refractivity contribution in [2.24, 2.45) is 11.3 Å². The van der Waals surface area contributed by atoms with Gasteiger partial charge >= 0.3 is 0 Å². The van der Waals surface area contributed by atoms with Gasteiger partial charge in [0.05, 0.1) is 0 Å². The Morgan fingerprint density at radius 2 is 1.29 bits per heavy atom. The van der Waals surface area contributed by atoms with Gasteiger partial charge in [-0.15, -0.1) is 0 Å². The zero-order valence-electron chi connectivity index (χ0n) is 20.5. The van der Waals surface area contributed by atoms with Crippen LogP contribution < -0.4 is 0 Å². The van der Waals surface area contributed by atoms with Gasteiger partial charge in [-0.2, -0.15) is 0 Å². The topological polar surface area (TPSA) is 13.0 Å². The first-order valence-corrected chi connectivity index (χ1v) is 11.7. The van der Waals surface area contributed by atoms with E-state index in [9.17, 15) is 0 Å². The van der Waals surface area contributed by atoms with Crippen LogP contribution in [0.4, 0.5) is 0 Å². The second-order valence-electron chi connectivity index (χ2n) is 12.5. The van der Waals surface area contributed by atoms with Crippen LogP contribution in [0.2, 0.25) is 0 Å². The second kappa shape index (κ2) is 7.51. The molecule has 0 aromatic carbocycles. The first-order valence-electron chi connectivity index (χ1n) is 11.7. The number of hydrogen-bond donors (Lipinski definition) is 0. The highest BCUT2D eigenvalue weighted by molar-refractivity contribution is 5.13. The molecule has 2 atom stereocenters. The van der Waals surface area contributed by atoms with Crippen molar-refractivity contribution in [2.75, 3.05) is 45.8 Å². The lowest BCUT2D eigenvalue weighted by atomic mass is 9.66. The Balaban J connectivity index is 1.89. The van der Waals surface area contributed by atoms with Crippen molar-refractivity contribution in [1.82, 2.24) is 19.6 Å². The fourth-order valence-electron chi connectivity index (χ4n) is 5.96. The monoisotopic (exact) mass is 392 g/mol. The van der Waals surface area contributed by atoms with Gasteiger partial charge in [-0.25, -0.2) is 0 Å². The highest BCUT2D eigenvalue weighted by Gasteiger charge is 2.59. The number of hydrogen-bond acceptors (Lipinski definition) is 4. The SMILES string of the molecule is CC(C)N1CCN(C(C)(C)C)C(C2CN(C(C)C)CC23CN(C(C)(C)C)C3)C1. The maximum Gasteiger partial charge on any atom is 0.0276 e. The summed E-state index contributed by atoms with van der Waals surface area (Å²) in [6.45, 7) is 32.7. The third kappa shape index (κ3) is 4.17. The Hall–Kier alpha value is -0.160. The molecule has 0 amide bonds. The Kier molecular flexibility index (Phi) is 6.04. The molecule has 28 heavy (non-hydrogen) atoms. The molecule has 0 radical (unpaired) electrons. The molecule has 4 nitrogen and oxygen atoms in total.